The Morgan fingerprint density at radius 1 is 0.600 bits per heavy atom. The van der Waals surface area contributed by atoms with Crippen LogP contribution in [-0.2, 0) is 22.6 Å². The summed E-state index contributed by atoms with van der Waals surface area (Å²) in [5.41, 5.74) is -2.13. The van der Waals surface area contributed by atoms with Crippen molar-refractivity contribution < 1.29 is 19.7 Å². The van der Waals surface area contributed by atoms with Gasteiger partial charge in [0.05, 0.1) is 47.8 Å². The third kappa shape index (κ3) is 4.26. The van der Waals surface area contributed by atoms with E-state index >= 15 is 0 Å². The van der Waals surface area contributed by atoms with Crippen LogP contribution in [0.1, 0.15) is 12.8 Å². The molecule has 2 N–H and O–H groups in total. The van der Waals surface area contributed by atoms with Gasteiger partial charge in [0.2, 0.25) is 0 Å². The van der Waals surface area contributed by atoms with Crippen LogP contribution in [0.15, 0.2) is 31.3 Å². The summed E-state index contributed by atoms with van der Waals surface area (Å²) in [5.74, 6) is 0. The van der Waals surface area contributed by atoms with E-state index in [1.165, 1.54) is 12.1 Å². The highest BCUT2D eigenvalue weighted by molar-refractivity contribution is 5.97. The zero-order valence-corrected chi connectivity index (χ0v) is 16.5. The quantitative estimate of drug-likeness (QED) is 0.345. The van der Waals surface area contributed by atoms with Crippen molar-refractivity contribution in [3.63, 3.8) is 0 Å². The summed E-state index contributed by atoms with van der Waals surface area (Å²) in [5, 5.41) is 17.8. The maximum absolute atomic E-state index is 12.6. The molecule has 0 bridgehead atoms. The molecule has 1 aromatic carbocycles. The van der Waals surface area contributed by atoms with Crippen molar-refractivity contribution in [2.24, 2.45) is 0 Å². The summed E-state index contributed by atoms with van der Waals surface area (Å²) in [7, 11) is 0. The maximum Gasteiger partial charge on any atom is 0.261 e. The van der Waals surface area contributed by atoms with Crippen molar-refractivity contribution >= 4 is 21.5 Å². The smallest absolute Gasteiger partial charge is 0.261 e. The molecule has 3 aromatic rings. The molecule has 0 saturated heterocycles. The highest BCUT2D eigenvalue weighted by Crippen LogP contribution is 2.14. The number of aromatic nitrogens is 2. The molecule has 0 amide bonds. The Bertz CT molecular complexity index is 1050. The Balaban J connectivity index is 1.90. The van der Waals surface area contributed by atoms with Gasteiger partial charge in [0, 0.05) is 26.4 Å². The largest absolute Gasteiger partial charge is 0.396 e. The number of ether oxygens (including phenoxy) is 2. The molecule has 162 valence electrons. The maximum atomic E-state index is 12.6. The lowest BCUT2D eigenvalue weighted by Gasteiger charge is -2.02. The minimum atomic E-state index is -0.533. The molecular weight excluding hydrogens is 396 g/mol. The minimum Gasteiger partial charge on any atom is -0.396 e. The molecule has 0 unspecified atom stereocenters. The van der Waals surface area contributed by atoms with Crippen LogP contribution >= 0.6 is 0 Å². The first-order chi connectivity index (χ1) is 14.5. The van der Waals surface area contributed by atoms with Crippen LogP contribution in [0, 0.1) is 0 Å². The molecule has 0 aliphatic heterocycles. The van der Waals surface area contributed by atoms with Crippen molar-refractivity contribution in [3.05, 3.63) is 53.5 Å². The van der Waals surface area contributed by atoms with Gasteiger partial charge < -0.3 is 19.7 Å². The van der Waals surface area contributed by atoms with Gasteiger partial charge in [-0.15, -0.1) is 0 Å². The molecule has 0 radical (unpaired) electrons. The van der Waals surface area contributed by atoms with Gasteiger partial charge in [-0.05, 0) is 25.0 Å². The Morgan fingerprint density at radius 3 is 1.23 bits per heavy atom. The molecule has 0 aliphatic rings. The number of hydrogen-bond donors (Lipinski definition) is 2. The number of hydrogen-bond acceptors (Lipinski definition) is 8. The van der Waals surface area contributed by atoms with E-state index in [-0.39, 0.29) is 61.1 Å². The van der Waals surface area contributed by atoms with Gasteiger partial charge >= 0.3 is 0 Å². The van der Waals surface area contributed by atoms with Crippen LogP contribution in [0.4, 0.5) is 0 Å². The fourth-order valence-electron chi connectivity index (χ4n) is 3.33. The monoisotopic (exact) mass is 420 g/mol. The molecule has 30 heavy (non-hydrogen) atoms. The number of aliphatic hydroxyl groups is 2. The van der Waals surface area contributed by atoms with Crippen molar-refractivity contribution in [3.8, 4) is 0 Å². The van der Waals surface area contributed by atoms with E-state index < -0.39 is 22.2 Å². The van der Waals surface area contributed by atoms with E-state index in [0.717, 1.165) is 9.13 Å². The van der Waals surface area contributed by atoms with E-state index in [1.54, 1.807) is 0 Å². The summed E-state index contributed by atoms with van der Waals surface area (Å²) in [6.45, 7) is 0.968. The summed E-state index contributed by atoms with van der Waals surface area (Å²) in [6, 6.07) is 2.62. The van der Waals surface area contributed by atoms with E-state index in [9.17, 15) is 19.2 Å². The summed E-state index contributed by atoms with van der Waals surface area (Å²) >= 11 is 0. The highest BCUT2D eigenvalue weighted by Gasteiger charge is 2.19. The lowest BCUT2D eigenvalue weighted by atomic mass is 10.1. The molecule has 3 rings (SSSR count). The van der Waals surface area contributed by atoms with E-state index in [1.807, 2.05) is 0 Å². The molecule has 2 aromatic heterocycles. The molecule has 2 heterocycles. The van der Waals surface area contributed by atoms with Crippen LogP contribution < -0.4 is 22.2 Å². The van der Waals surface area contributed by atoms with Crippen LogP contribution in [-0.4, -0.2) is 59.0 Å². The average Bonchev–Trinajstić information content (AvgIpc) is 3.12. The van der Waals surface area contributed by atoms with Gasteiger partial charge in [-0.1, -0.05) is 0 Å². The summed E-state index contributed by atoms with van der Waals surface area (Å²) in [4.78, 5) is 50.5. The zero-order chi connectivity index (χ0) is 21.7. The molecule has 0 fully saturated rings. The molecule has 0 saturated carbocycles. The lowest BCUT2D eigenvalue weighted by Crippen LogP contribution is -2.28. The normalized spacial score (nSPS) is 11.8. The number of fused-ring (bicyclic) bond motifs is 2. The first-order valence-corrected chi connectivity index (χ1v) is 9.79. The molecule has 10 heteroatoms. The van der Waals surface area contributed by atoms with E-state index in [2.05, 4.69) is 0 Å². The van der Waals surface area contributed by atoms with Crippen LogP contribution in [0.3, 0.4) is 0 Å². The SMILES string of the molecule is O=c1c2cc3c(=O)n(CCOCCCO)c(=O)c3cc2c(=O)n1CCOCCCO. The van der Waals surface area contributed by atoms with Gasteiger partial charge in [-0.25, -0.2) is 0 Å². The highest BCUT2D eigenvalue weighted by atomic mass is 16.5. The summed E-state index contributed by atoms with van der Waals surface area (Å²) in [6.07, 6.45) is 0.921. The molecule has 10 nitrogen and oxygen atoms in total. The summed E-state index contributed by atoms with van der Waals surface area (Å²) < 4.78 is 12.6. The van der Waals surface area contributed by atoms with Crippen molar-refractivity contribution in [1.29, 1.82) is 0 Å². The van der Waals surface area contributed by atoms with Crippen LogP contribution in [0.2, 0.25) is 0 Å². The lowest BCUT2D eigenvalue weighted by molar-refractivity contribution is 0.108. The Morgan fingerprint density at radius 2 is 0.933 bits per heavy atom. The molecule has 0 aliphatic carbocycles. The van der Waals surface area contributed by atoms with Gasteiger partial charge in [0.1, 0.15) is 0 Å². The van der Waals surface area contributed by atoms with Crippen LogP contribution in [0.25, 0.3) is 21.5 Å². The second kappa shape index (κ2) is 9.90. The Kier molecular flexibility index (Phi) is 7.27. The first-order valence-electron chi connectivity index (χ1n) is 9.79. The number of rotatable bonds is 12. The number of aliphatic hydroxyl groups excluding tert-OH is 2. The average molecular weight is 420 g/mol. The number of nitrogens with zero attached hydrogens (tertiary/aromatic N) is 2. The fourth-order valence-corrected chi connectivity index (χ4v) is 3.33. The van der Waals surface area contributed by atoms with Gasteiger partial charge in [0.25, 0.3) is 22.2 Å². The van der Waals surface area contributed by atoms with E-state index in [0.29, 0.717) is 26.1 Å². The van der Waals surface area contributed by atoms with Crippen molar-refractivity contribution in [2.45, 2.75) is 25.9 Å². The third-order valence-electron chi connectivity index (χ3n) is 4.87. The van der Waals surface area contributed by atoms with Crippen molar-refractivity contribution in [2.75, 3.05) is 39.6 Å². The van der Waals surface area contributed by atoms with Gasteiger partial charge in [-0.3, -0.25) is 28.3 Å². The molecule has 0 spiro atoms. The number of benzene rings is 1. The molecular formula is C20H24N2O8. The Labute approximate surface area is 170 Å². The second-order valence-corrected chi connectivity index (χ2v) is 6.85. The Hall–Kier alpha value is -2.66. The van der Waals surface area contributed by atoms with Crippen LogP contribution in [0.5, 0.6) is 0 Å². The fraction of sp³-hybridized carbons (Fsp3) is 0.500. The topological polar surface area (TPSA) is 137 Å². The predicted molar refractivity (Wildman–Crippen MR) is 110 cm³/mol. The standard InChI is InChI=1S/C20H24N2O8/c23-5-1-7-29-9-3-21-17(25)13-11-15-16(12-14(13)18(21)26)20(28)22(19(15)27)4-10-30-8-2-6-24/h11-12,23-24H,1-10H2. The second-order valence-electron chi connectivity index (χ2n) is 6.85. The first kappa shape index (κ1) is 22.0. The zero-order valence-electron chi connectivity index (χ0n) is 16.5. The van der Waals surface area contributed by atoms with Gasteiger partial charge in [-0.2, -0.15) is 0 Å². The third-order valence-corrected chi connectivity index (χ3v) is 4.87. The van der Waals surface area contributed by atoms with Gasteiger partial charge in [0.15, 0.2) is 0 Å². The van der Waals surface area contributed by atoms with E-state index in [4.69, 9.17) is 19.7 Å². The predicted octanol–water partition coefficient (Wildman–Crippen LogP) is -1.29. The minimum absolute atomic E-state index is 0.00751. The van der Waals surface area contributed by atoms with Crippen molar-refractivity contribution in [1.82, 2.24) is 9.13 Å². The molecule has 0 atom stereocenters.